The summed E-state index contributed by atoms with van der Waals surface area (Å²) in [6.45, 7) is 0. The van der Waals surface area contributed by atoms with Gasteiger partial charge in [-0.1, -0.05) is 0 Å². The van der Waals surface area contributed by atoms with Gasteiger partial charge < -0.3 is 40.5 Å². The van der Waals surface area contributed by atoms with Crippen LogP contribution in [0.2, 0.25) is 0 Å². The van der Waals surface area contributed by atoms with Gasteiger partial charge in [0.2, 0.25) is 0 Å². The van der Waals surface area contributed by atoms with E-state index in [-0.39, 0.29) is 61.6 Å². The van der Waals surface area contributed by atoms with Crippen molar-refractivity contribution < 1.29 is 21.1 Å². The van der Waals surface area contributed by atoms with Gasteiger partial charge in [0.15, 0.2) is 0 Å². The monoisotopic (exact) mass is 194 g/mol. The molecule has 0 amide bonds. The smallest absolute Gasteiger partial charge is 0 e. The molecule has 0 aromatic heterocycles. The zero-order valence-corrected chi connectivity index (χ0v) is 6.09. The zero-order valence-electron chi connectivity index (χ0n) is 1.63. The fraction of sp³-hybridized carbons (Fsp3) is 0. The molecule has 0 spiro atoms. The third-order valence-electron chi connectivity index (χ3n) is 0. The summed E-state index contributed by atoms with van der Waals surface area (Å²) in [5.41, 5.74) is 0. The van der Waals surface area contributed by atoms with Gasteiger partial charge in [-0.25, -0.2) is 0 Å². The second-order valence-corrected chi connectivity index (χ2v) is 0. The molecule has 0 aliphatic carbocycles. The van der Waals surface area contributed by atoms with Gasteiger partial charge in [0.1, 0.15) is 0 Å². The van der Waals surface area contributed by atoms with E-state index in [2.05, 4.69) is 0 Å². The first-order valence-electron chi connectivity index (χ1n) is 0. The Balaban J connectivity index is 0. The molecule has 0 saturated carbocycles. The first kappa shape index (κ1) is 42.6. The third-order valence-corrected chi connectivity index (χ3v) is 0. The van der Waals surface area contributed by atoms with Crippen molar-refractivity contribution in [2.24, 2.45) is 0 Å². The topological polar surface area (TPSA) is 0 Å². The van der Waals surface area contributed by atoms with Crippen molar-refractivity contribution in [1.29, 1.82) is 0 Å². The molecule has 0 bridgehead atoms. The van der Waals surface area contributed by atoms with Gasteiger partial charge in [-0.15, -0.1) is 0 Å². The summed E-state index contributed by atoms with van der Waals surface area (Å²) in [4.78, 5) is 0. The largest absolute Gasteiger partial charge is 2.00 e. The van der Waals surface area contributed by atoms with E-state index in [1.165, 1.54) is 0 Å². The van der Waals surface area contributed by atoms with E-state index in [1.54, 1.807) is 0 Å². The van der Waals surface area contributed by atoms with Crippen LogP contribution in [0.25, 0.3) is 0 Å². The molecule has 0 nitrogen and oxygen atoms in total. The zero-order chi connectivity index (χ0) is 0. The minimum atomic E-state index is 0. The van der Waals surface area contributed by atoms with Crippen LogP contribution in [0, 0.1) is 0 Å². The van der Waals surface area contributed by atoms with Gasteiger partial charge in [0.05, 0.1) is 0 Å². The quantitative estimate of drug-likeness (QED) is 0.473. The average Bonchev–Trinajstić information content (AvgIpc) is 0. The van der Waals surface area contributed by atoms with Gasteiger partial charge in [0, 0.05) is 21.1 Å². The van der Waals surface area contributed by atoms with Crippen LogP contribution >= 0.6 is 0 Å². The first-order valence-corrected chi connectivity index (χ1v) is 0. The van der Waals surface area contributed by atoms with Crippen LogP contribution in [0.15, 0.2) is 0 Å². The summed E-state index contributed by atoms with van der Waals surface area (Å²) >= 11 is 0. The molecule has 0 heterocycles. The van der Waals surface area contributed by atoms with Gasteiger partial charge in [-0.3, -0.25) is 0 Å². The summed E-state index contributed by atoms with van der Waals surface area (Å²) in [6, 6.07) is 0. The van der Waals surface area contributed by atoms with Crippen molar-refractivity contribution in [3.05, 3.63) is 0 Å². The molecule has 0 radical (unpaired) electrons. The van der Waals surface area contributed by atoms with Crippen molar-refractivity contribution in [3.63, 3.8) is 0 Å². The minimum absolute atomic E-state index is 0. The summed E-state index contributed by atoms with van der Waals surface area (Å²) in [5.74, 6) is 0. The van der Waals surface area contributed by atoms with Crippen molar-refractivity contribution in [2.45, 2.75) is 0 Å². The number of hydrogen-bond donors (Lipinski definition) is 0. The van der Waals surface area contributed by atoms with Gasteiger partial charge >= 0.3 is 0 Å². The van der Waals surface area contributed by atoms with Gasteiger partial charge in [-0.2, -0.15) is 0 Å². The Kier molecular flexibility index (Phi) is 234. The van der Waals surface area contributed by atoms with Crippen LogP contribution in [0.3, 0.4) is 0 Å². The van der Waals surface area contributed by atoms with Crippen molar-refractivity contribution >= 4 is 40.5 Å². The maximum Gasteiger partial charge on any atom is 0 e. The first-order chi connectivity index (χ1) is 0. The van der Waals surface area contributed by atoms with Crippen molar-refractivity contribution in [2.75, 3.05) is 0 Å². The molecule has 0 atom stereocenters. The Morgan fingerprint density at radius 2 is 0.500 bits per heavy atom. The molecule has 0 N–H and O–H groups in total. The predicted molar refractivity (Wildman–Crippen MR) is 22.1 cm³/mol. The van der Waals surface area contributed by atoms with Crippen LogP contribution in [-0.2, 0) is 61.6 Å². The van der Waals surface area contributed by atoms with E-state index >= 15 is 0 Å². The SMILES string of the molecule is [Mo].[S-2].[S-2].[S-2]. The Morgan fingerprint density at radius 3 is 0.500 bits per heavy atom. The van der Waals surface area contributed by atoms with E-state index in [0.29, 0.717) is 0 Å². The Bertz CT molecular complexity index is 3.25. The number of rotatable bonds is 0. The molecule has 0 rings (SSSR count). The Labute approximate surface area is 61.3 Å². The fourth-order valence-corrected chi connectivity index (χ4v) is 0. The van der Waals surface area contributed by atoms with E-state index in [1.807, 2.05) is 0 Å². The van der Waals surface area contributed by atoms with Crippen LogP contribution in [0.5, 0.6) is 0 Å². The van der Waals surface area contributed by atoms with Crippen LogP contribution in [-0.4, -0.2) is 0 Å². The molecular weight excluding hydrogens is 192 g/mol. The molecule has 0 aliphatic heterocycles. The van der Waals surface area contributed by atoms with Crippen LogP contribution in [0.4, 0.5) is 0 Å². The second-order valence-electron chi connectivity index (χ2n) is 0. The second kappa shape index (κ2) is 21.9. The third kappa shape index (κ3) is 9.28. The van der Waals surface area contributed by atoms with Crippen LogP contribution in [0.1, 0.15) is 0 Å². The summed E-state index contributed by atoms with van der Waals surface area (Å²) in [6.07, 6.45) is 0. The normalized spacial score (nSPS) is 0. The molecule has 0 fully saturated rings. The van der Waals surface area contributed by atoms with E-state index in [9.17, 15) is 0 Å². The minimum Gasteiger partial charge on any atom is -2.00 e. The molecule has 4 heteroatoms. The van der Waals surface area contributed by atoms with Crippen molar-refractivity contribution in [3.8, 4) is 0 Å². The maximum absolute atomic E-state index is 0. The fourth-order valence-electron chi connectivity index (χ4n) is 0. The predicted octanol–water partition coefficient (Wildman–Crippen LogP) is -0.00970. The van der Waals surface area contributed by atoms with E-state index in [0.717, 1.165) is 0 Å². The average molecular weight is 192 g/mol. The molecule has 4 heavy (non-hydrogen) atoms. The molecule has 0 aromatic carbocycles. The molecular formula is MoS3-6. The standard InChI is InChI=1S/Mo.3S/q;3*-2. The van der Waals surface area contributed by atoms with Gasteiger partial charge in [-0.05, 0) is 0 Å². The van der Waals surface area contributed by atoms with Crippen LogP contribution < -0.4 is 0 Å². The molecule has 0 aliphatic rings. The summed E-state index contributed by atoms with van der Waals surface area (Å²) in [5, 5.41) is 0. The molecule has 0 aromatic rings. The molecule has 0 saturated heterocycles. The summed E-state index contributed by atoms with van der Waals surface area (Å²) in [7, 11) is 0. The molecule has 30 valence electrons. The number of hydrogen-bond acceptors (Lipinski definition) is 0. The van der Waals surface area contributed by atoms with E-state index in [4.69, 9.17) is 0 Å². The maximum atomic E-state index is 0. The Morgan fingerprint density at radius 1 is 0.500 bits per heavy atom. The molecule has 0 unspecified atom stereocenters. The van der Waals surface area contributed by atoms with E-state index < -0.39 is 0 Å². The Hall–Kier alpha value is 1.74. The summed E-state index contributed by atoms with van der Waals surface area (Å²) < 4.78 is 0. The van der Waals surface area contributed by atoms with Crippen molar-refractivity contribution in [1.82, 2.24) is 0 Å². The van der Waals surface area contributed by atoms with Gasteiger partial charge in [0.25, 0.3) is 0 Å².